The average Bonchev–Trinajstić information content (AvgIpc) is 3.51. The largest absolute Gasteiger partial charge is 0.455 e. The molecular weight excluding hydrogens is 552 g/mol. The molecule has 6 aromatic carbocycles. The first-order valence-corrected chi connectivity index (χ1v) is 14.9. The normalized spacial score (nSPS) is 11.6. The van der Waals surface area contributed by atoms with E-state index < -0.39 is 0 Å². The van der Waals surface area contributed by atoms with Crippen LogP contribution in [-0.4, -0.2) is 19.9 Å². The van der Waals surface area contributed by atoms with Gasteiger partial charge >= 0.3 is 0 Å². The molecule has 0 saturated heterocycles. The summed E-state index contributed by atoms with van der Waals surface area (Å²) in [5.41, 5.74) is 5.97. The molecule has 45 heavy (non-hydrogen) atoms. The smallest absolute Gasteiger partial charge is 0.183 e. The molecule has 0 spiro atoms. The maximum Gasteiger partial charge on any atom is 0.183 e. The average molecular weight is 577 g/mol. The van der Waals surface area contributed by atoms with Crippen LogP contribution >= 0.6 is 0 Å². The Morgan fingerprint density at radius 3 is 1.78 bits per heavy atom. The van der Waals surface area contributed by atoms with Crippen LogP contribution in [0, 0.1) is 0 Å². The van der Waals surface area contributed by atoms with E-state index in [4.69, 9.17) is 24.4 Å². The summed E-state index contributed by atoms with van der Waals surface area (Å²) in [7, 11) is 0. The monoisotopic (exact) mass is 576 g/mol. The van der Waals surface area contributed by atoms with E-state index in [0.29, 0.717) is 23.2 Å². The van der Waals surface area contributed by atoms with Gasteiger partial charge in [0.1, 0.15) is 16.9 Å². The minimum Gasteiger partial charge on any atom is -0.455 e. The molecule has 210 valence electrons. The fraction of sp³-hybridized carbons (Fsp3) is 0. The van der Waals surface area contributed by atoms with Crippen molar-refractivity contribution in [3.8, 4) is 45.4 Å². The van der Waals surface area contributed by atoms with Crippen LogP contribution in [0.4, 0.5) is 0 Å². The summed E-state index contributed by atoms with van der Waals surface area (Å²) in [6, 6.07) is 47.5. The summed E-state index contributed by atoms with van der Waals surface area (Å²) >= 11 is 0. The zero-order valence-corrected chi connectivity index (χ0v) is 24.1. The molecule has 0 aliphatic carbocycles. The molecule has 0 radical (unpaired) electrons. The van der Waals surface area contributed by atoms with Gasteiger partial charge in [0.25, 0.3) is 0 Å². The van der Waals surface area contributed by atoms with Gasteiger partial charge in [0.15, 0.2) is 17.5 Å². The minimum absolute atomic E-state index is 0.494. The zero-order valence-electron chi connectivity index (χ0n) is 24.1. The molecule has 0 N–H and O–H groups in total. The summed E-state index contributed by atoms with van der Waals surface area (Å²) in [4.78, 5) is 20.1. The van der Waals surface area contributed by atoms with Crippen molar-refractivity contribution in [3.63, 3.8) is 0 Å². The highest BCUT2D eigenvalue weighted by molar-refractivity contribution is 6.15. The molecule has 5 heteroatoms. The summed E-state index contributed by atoms with van der Waals surface area (Å²) in [5, 5.41) is 6.48. The molecule has 9 rings (SSSR count). The number of furan rings is 1. The number of fused-ring (bicyclic) bond motifs is 5. The number of rotatable bonds is 4. The van der Waals surface area contributed by atoms with Crippen LogP contribution in [0.25, 0.3) is 88.9 Å². The molecule has 3 aromatic heterocycles. The number of para-hydroxylation sites is 1. The Morgan fingerprint density at radius 1 is 0.444 bits per heavy atom. The predicted molar refractivity (Wildman–Crippen MR) is 182 cm³/mol. The van der Waals surface area contributed by atoms with Crippen LogP contribution in [-0.2, 0) is 0 Å². The Balaban J connectivity index is 1.31. The number of benzene rings is 6. The number of nitrogens with zero attached hydrogens (tertiary/aromatic N) is 4. The van der Waals surface area contributed by atoms with Gasteiger partial charge in [-0.2, -0.15) is 0 Å². The van der Waals surface area contributed by atoms with Crippen molar-refractivity contribution >= 4 is 43.5 Å². The summed E-state index contributed by atoms with van der Waals surface area (Å²) in [6.07, 6.45) is 1.88. The number of hydrogen-bond acceptors (Lipinski definition) is 5. The first kappa shape index (κ1) is 25.3. The molecule has 0 unspecified atom stereocenters. The SMILES string of the molecule is c1ccc(-c2nc(-c3ccc4ccccc4c3)nc(-c3ncc(-c4ccc5ccccc5c4)c4oc5ccccc5c34)n2)cc1. The Hall–Kier alpha value is -6.20. The molecule has 0 atom stereocenters. The highest BCUT2D eigenvalue weighted by atomic mass is 16.3. The van der Waals surface area contributed by atoms with Gasteiger partial charge in [0.2, 0.25) is 0 Å². The van der Waals surface area contributed by atoms with Crippen molar-refractivity contribution in [1.29, 1.82) is 0 Å². The first-order chi connectivity index (χ1) is 22.3. The van der Waals surface area contributed by atoms with Gasteiger partial charge in [-0.25, -0.2) is 15.0 Å². The van der Waals surface area contributed by atoms with Crippen LogP contribution in [0.1, 0.15) is 0 Å². The Kier molecular flexibility index (Phi) is 5.74. The summed E-state index contributed by atoms with van der Waals surface area (Å²) in [5.74, 6) is 1.67. The van der Waals surface area contributed by atoms with Crippen molar-refractivity contribution in [2.45, 2.75) is 0 Å². The van der Waals surface area contributed by atoms with Crippen LogP contribution in [0.5, 0.6) is 0 Å². The zero-order chi connectivity index (χ0) is 29.7. The van der Waals surface area contributed by atoms with Crippen LogP contribution in [0.2, 0.25) is 0 Å². The van der Waals surface area contributed by atoms with Gasteiger partial charge in [-0.3, -0.25) is 4.98 Å². The second kappa shape index (κ2) is 10.2. The van der Waals surface area contributed by atoms with Crippen LogP contribution in [0.15, 0.2) is 150 Å². The lowest BCUT2D eigenvalue weighted by Gasteiger charge is -2.11. The molecule has 9 aromatic rings. The van der Waals surface area contributed by atoms with Gasteiger partial charge < -0.3 is 4.42 Å². The van der Waals surface area contributed by atoms with E-state index in [1.165, 1.54) is 5.39 Å². The van der Waals surface area contributed by atoms with Crippen molar-refractivity contribution in [2.75, 3.05) is 0 Å². The Bertz CT molecular complexity index is 2550. The van der Waals surface area contributed by atoms with Crippen molar-refractivity contribution < 1.29 is 4.42 Å². The van der Waals surface area contributed by atoms with Gasteiger partial charge in [-0.1, -0.05) is 121 Å². The number of hydrogen-bond donors (Lipinski definition) is 0. The van der Waals surface area contributed by atoms with E-state index in [1.54, 1.807) is 0 Å². The van der Waals surface area contributed by atoms with Gasteiger partial charge in [0, 0.05) is 28.3 Å². The third-order valence-electron chi connectivity index (χ3n) is 8.35. The van der Waals surface area contributed by atoms with E-state index in [9.17, 15) is 0 Å². The second-order valence-corrected chi connectivity index (χ2v) is 11.1. The fourth-order valence-corrected chi connectivity index (χ4v) is 6.11. The quantitative estimate of drug-likeness (QED) is 0.209. The molecule has 5 nitrogen and oxygen atoms in total. The third-order valence-corrected chi connectivity index (χ3v) is 8.35. The standard InChI is InChI=1S/C40H24N4O/c1-2-12-27(13-3-1)38-42-39(31-21-19-26-11-5-7-15-29(26)23-31)44-40(43-38)36-35-32-16-8-9-17-34(32)45-37(35)33(24-41-36)30-20-18-25-10-4-6-14-28(25)22-30/h1-24H. The fourth-order valence-electron chi connectivity index (χ4n) is 6.11. The van der Waals surface area contributed by atoms with Crippen molar-refractivity contribution in [1.82, 2.24) is 19.9 Å². The Labute approximate surface area is 258 Å². The number of aromatic nitrogens is 4. The lowest BCUT2D eigenvalue weighted by Crippen LogP contribution is -2.01. The molecule has 0 amide bonds. The Morgan fingerprint density at radius 2 is 1.02 bits per heavy atom. The molecule has 0 aliphatic heterocycles. The number of pyridine rings is 1. The van der Waals surface area contributed by atoms with Crippen molar-refractivity contribution in [3.05, 3.63) is 146 Å². The highest BCUT2D eigenvalue weighted by Crippen LogP contribution is 2.40. The maximum absolute atomic E-state index is 6.58. The van der Waals surface area contributed by atoms with E-state index in [1.807, 2.05) is 66.9 Å². The van der Waals surface area contributed by atoms with Crippen molar-refractivity contribution in [2.24, 2.45) is 0 Å². The third kappa shape index (κ3) is 4.33. The lowest BCUT2D eigenvalue weighted by atomic mass is 10.00. The van der Waals surface area contributed by atoms with Gasteiger partial charge in [-0.05, 0) is 45.3 Å². The topological polar surface area (TPSA) is 64.7 Å². The van der Waals surface area contributed by atoms with E-state index in [2.05, 4.69) is 78.9 Å². The molecule has 0 aliphatic rings. The predicted octanol–water partition coefficient (Wildman–Crippen LogP) is 10.1. The first-order valence-electron chi connectivity index (χ1n) is 14.9. The second-order valence-electron chi connectivity index (χ2n) is 11.1. The maximum atomic E-state index is 6.58. The molecular formula is C40H24N4O. The molecule has 0 saturated carbocycles. The highest BCUT2D eigenvalue weighted by Gasteiger charge is 2.22. The van der Waals surface area contributed by atoms with Gasteiger partial charge in [-0.15, -0.1) is 0 Å². The van der Waals surface area contributed by atoms with E-state index in [0.717, 1.165) is 60.4 Å². The van der Waals surface area contributed by atoms with E-state index in [-0.39, 0.29) is 0 Å². The van der Waals surface area contributed by atoms with Gasteiger partial charge in [0.05, 0.1) is 5.39 Å². The summed E-state index contributed by atoms with van der Waals surface area (Å²) < 4.78 is 6.58. The summed E-state index contributed by atoms with van der Waals surface area (Å²) in [6.45, 7) is 0. The van der Waals surface area contributed by atoms with E-state index >= 15 is 0 Å². The van der Waals surface area contributed by atoms with Crippen LogP contribution in [0.3, 0.4) is 0 Å². The molecule has 0 bridgehead atoms. The minimum atomic E-state index is 0.494. The van der Waals surface area contributed by atoms with Crippen LogP contribution < -0.4 is 0 Å². The molecule has 0 fully saturated rings. The molecule has 3 heterocycles. The lowest BCUT2D eigenvalue weighted by molar-refractivity contribution is 0.669.